The van der Waals surface area contributed by atoms with Gasteiger partial charge in [0.1, 0.15) is 0 Å². The highest BCUT2D eigenvalue weighted by molar-refractivity contribution is 7.91. The summed E-state index contributed by atoms with van der Waals surface area (Å²) in [6.45, 7) is 6.69. The Labute approximate surface area is 80.0 Å². The minimum absolute atomic E-state index is 0.0463. The molecule has 0 aromatic heterocycles. The molecule has 0 spiro atoms. The lowest BCUT2D eigenvalue weighted by molar-refractivity contribution is 0.0973. The Morgan fingerprint density at radius 1 is 1.38 bits per heavy atom. The average molecular weight is 206 g/mol. The Hall–Kier alpha value is -0.130. The van der Waals surface area contributed by atoms with E-state index in [1.54, 1.807) is 0 Å². The van der Waals surface area contributed by atoms with E-state index in [0.29, 0.717) is 6.54 Å². The van der Waals surface area contributed by atoms with Gasteiger partial charge in [-0.25, -0.2) is 8.42 Å². The van der Waals surface area contributed by atoms with E-state index < -0.39 is 9.84 Å². The first-order valence-electron chi connectivity index (χ1n) is 4.45. The SMILES string of the molecule is CC(C)(C)N1CCS(=O)(=O)CC1N. The van der Waals surface area contributed by atoms with Crippen LogP contribution in [0.25, 0.3) is 0 Å². The van der Waals surface area contributed by atoms with E-state index in [9.17, 15) is 8.42 Å². The summed E-state index contributed by atoms with van der Waals surface area (Å²) in [7, 11) is -2.89. The largest absolute Gasteiger partial charge is 0.315 e. The van der Waals surface area contributed by atoms with Crippen LogP contribution in [0.15, 0.2) is 0 Å². The van der Waals surface area contributed by atoms with Gasteiger partial charge in [-0.3, -0.25) is 4.90 Å². The van der Waals surface area contributed by atoms with E-state index in [-0.39, 0.29) is 23.2 Å². The number of hydrogen-bond acceptors (Lipinski definition) is 4. The van der Waals surface area contributed by atoms with Crippen LogP contribution in [0, 0.1) is 0 Å². The van der Waals surface area contributed by atoms with Crippen LogP contribution in [-0.2, 0) is 9.84 Å². The first kappa shape index (κ1) is 10.9. The van der Waals surface area contributed by atoms with Gasteiger partial charge in [0.2, 0.25) is 0 Å². The summed E-state index contributed by atoms with van der Waals surface area (Å²) in [5.41, 5.74) is 5.74. The predicted octanol–water partition coefficient (Wildman–Crippen LogP) is -0.200. The van der Waals surface area contributed by atoms with Crippen molar-refractivity contribution in [3.63, 3.8) is 0 Å². The van der Waals surface area contributed by atoms with Crippen molar-refractivity contribution in [2.24, 2.45) is 5.73 Å². The molecular formula is C8H18N2O2S. The number of nitrogens with two attached hydrogens (primary N) is 1. The standard InChI is InChI=1S/C8H18N2O2S/c1-8(2,3)10-4-5-13(11,12)6-7(10)9/h7H,4-6,9H2,1-3H3. The summed E-state index contributed by atoms with van der Waals surface area (Å²) in [6.07, 6.45) is -0.348. The van der Waals surface area contributed by atoms with Crippen LogP contribution < -0.4 is 5.73 Å². The van der Waals surface area contributed by atoms with Crippen molar-refractivity contribution in [1.29, 1.82) is 0 Å². The monoisotopic (exact) mass is 206 g/mol. The molecule has 0 amide bonds. The summed E-state index contributed by atoms with van der Waals surface area (Å²) in [5.74, 6) is 0.322. The van der Waals surface area contributed by atoms with Gasteiger partial charge in [0, 0.05) is 12.1 Å². The summed E-state index contributed by atoms with van der Waals surface area (Å²) in [5, 5.41) is 0. The third-order valence-corrected chi connectivity index (χ3v) is 3.98. The molecule has 1 atom stereocenters. The topological polar surface area (TPSA) is 63.4 Å². The van der Waals surface area contributed by atoms with Gasteiger partial charge < -0.3 is 5.73 Å². The van der Waals surface area contributed by atoms with Crippen molar-refractivity contribution < 1.29 is 8.42 Å². The van der Waals surface area contributed by atoms with Gasteiger partial charge in [0.15, 0.2) is 9.84 Å². The van der Waals surface area contributed by atoms with E-state index >= 15 is 0 Å². The van der Waals surface area contributed by atoms with Crippen LogP contribution in [0.2, 0.25) is 0 Å². The van der Waals surface area contributed by atoms with E-state index in [1.165, 1.54) is 0 Å². The maximum atomic E-state index is 11.2. The molecule has 4 nitrogen and oxygen atoms in total. The maximum absolute atomic E-state index is 11.2. The van der Waals surface area contributed by atoms with E-state index in [4.69, 9.17) is 5.73 Å². The van der Waals surface area contributed by atoms with Crippen LogP contribution in [0.3, 0.4) is 0 Å². The summed E-state index contributed by atoms with van der Waals surface area (Å²) >= 11 is 0. The van der Waals surface area contributed by atoms with Gasteiger partial charge in [0.05, 0.1) is 17.7 Å². The molecule has 1 aliphatic rings. The smallest absolute Gasteiger partial charge is 0.154 e. The molecule has 1 heterocycles. The molecule has 0 aromatic rings. The zero-order valence-electron chi connectivity index (χ0n) is 8.45. The lowest BCUT2D eigenvalue weighted by Gasteiger charge is -2.42. The average Bonchev–Trinajstić information content (AvgIpc) is 1.80. The fraction of sp³-hybridized carbons (Fsp3) is 1.00. The molecule has 1 unspecified atom stereocenters. The van der Waals surface area contributed by atoms with Crippen molar-refractivity contribution in [2.75, 3.05) is 18.1 Å². The number of hydrogen-bond donors (Lipinski definition) is 1. The first-order valence-corrected chi connectivity index (χ1v) is 6.27. The number of rotatable bonds is 0. The Morgan fingerprint density at radius 2 is 1.92 bits per heavy atom. The van der Waals surface area contributed by atoms with Crippen molar-refractivity contribution in [1.82, 2.24) is 4.90 Å². The van der Waals surface area contributed by atoms with Gasteiger partial charge in [-0.15, -0.1) is 0 Å². The first-order chi connectivity index (χ1) is 5.72. The Kier molecular flexibility index (Phi) is 2.71. The molecule has 2 N–H and O–H groups in total. The second kappa shape index (κ2) is 3.22. The van der Waals surface area contributed by atoms with Crippen LogP contribution in [-0.4, -0.2) is 43.1 Å². The molecule has 78 valence electrons. The van der Waals surface area contributed by atoms with Crippen molar-refractivity contribution >= 4 is 9.84 Å². The molecule has 0 aromatic carbocycles. The molecule has 1 saturated heterocycles. The van der Waals surface area contributed by atoms with E-state index in [0.717, 1.165) is 0 Å². The van der Waals surface area contributed by atoms with Crippen molar-refractivity contribution in [3.8, 4) is 0 Å². The molecule has 5 heteroatoms. The minimum atomic E-state index is -2.89. The highest BCUT2D eigenvalue weighted by Crippen LogP contribution is 2.19. The van der Waals surface area contributed by atoms with Gasteiger partial charge in [-0.1, -0.05) is 0 Å². The maximum Gasteiger partial charge on any atom is 0.154 e. The molecular weight excluding hydrogens is 188 g/mol. The minimum Gasteiger partial charge on any atom is -0.315 e. The normalized spacial score (nSPS) is 30.3. The molecule has 0 saturated carbocycles. The molecule has 0 aliphatic carbocycles. The lowest BCUT2D eigenvalue weighted by Crippen LogP contribution is -2.59. The van der Waals surface area contributed by atoms with Crippen LogP contribution >= 0.6 is 0 Å². The van der Waals surface area contributed by atoms with E-state index in [2.05, 4.69) is 0 Å². The summed E-state index contributed by atoms with van der Waals surface area (Å²) in [6, 6.07) is 0. The zero-order valence-corrected chi connectivity index (χ0v) is 9.26. The number of nitrogens with zero attached hydrogens (tertiary/aromatic N) is 1. The fourth-order valence-corrected chi connectivity index (χ4v) is 3.01. The van der Waals surface area contributed by atoms with Gasteiger partial charge in [0.25, 0.3) is 0 Å². The third-order valence-electron chi connectivity index (χ3n) is 2.33. The Bertz CT molecular complexity index is 279. The summed E-state index contributed by atoms with van der Waals surface area (Å²) < 4.78 is 22.5. The van der Waals surface area contributed by atoms with Gasteiger partial charge in [-0.2, -0.15) is 0 Å². The number of sulfone groups is 1. The second-order valence-electron chi connectivity index (χ2n) is 4.55. The molecule has 13 heavy (non-hydrogen) atoms. The summed E-state index contributed by atoms with van der Waals surface area (Å²) in [4.78, 5) is 2.04. The highest BCUT2D eigenvalue weighted by Gasteiger charge is 2.34. The van der Waals surface area contributed by atoms with Gasteiger partial charge in [-0.05, 0) is 20.8 Å². The molecule has 1 rings (SSSR count). The second-order valence-corrected chi connectivity index (χ2v) is 6.77. The Balaban J connectivity index is 2.76. The third kappa shape index (κ3) is 2.65. The molecule has 0 radical (unpaired) electrons. The zero-order chi connectivity index (χ0) is 10.3. The fourth-order valence-electron chi connectivity index (χ4n) is 1.67. The van der Waals surface area contributed by atoms with Crippen molar-refractivity contribution in [2.45, 2.75) is 32.5 Å². The highest BCUT2D eigenvalue weighted by atomic mass is 32.2. The van der Waals surface area contributed by atoms with Crippen molar-refractivity contribution in [3.05, 3.63) is 0 Å². The lowest BCUT2D eigenvalue weighted by atomic mass is 10.1. The van der Waals surface area contributed by atoms with Crippen LogP contribution in [0.5, 0.6) is 0 Å². The molecule has 1 aliphatic heterocycles. The molecule has 0 bridgehead atoms. The van der Waals surface area contributed by atoms with E-state index in [1.807, 2.05) is 25.7 Å². The Morgan fingerprint density at radius 3 is 2.31 bits per heavy atom. The quantitative estimate of drug-likeness (QED) is 0.596. The van der Waals surface area contributed by atoms with Crippen LogP contribution in [0.1, 0.15) is 20.8 Å². The van der Waals surface area contributed by atoms with Gasteiger partial charge >= 0.3 is 0 Å². The molecule has 1 fully saturated rings. The van der Waals surface area contributed by atoms with Crippen LogP contribution in [0.4, 0.5) is 0 Å². The predicted molar refractivity (Wildman–Crippen MR) is 53.1 cm³/mol.